The molecule has 0 fully saturated rings. The summed E-state index contributed by atoms with van der Waals surface area (Å²) < 4.78 is 6.69. The molecular formula is C15H15NO3. The van der Waals surface area contributed by atoms with Crippen molar-refractivity contribution in [1.82, 2.24) is 4.57 Å². The van der Waals surface area contributed by atoms with Crippen molar-refractivity contribution in [3.05, 3.63) is 64.6 Å². The Balaban J connectivity index is 1.92. The van der Waals surface area contributed by atoms with E-state index in [2.05, 4.69) is 0 Å². The quantitative estimate of drug-likeness (QED) is 0.623. The lowest BCUT2D eigenvalue weighted by molar-refractivity contribution is -0.134. The Kier molecular flexibility index (Phi) is 4.13. The second-order valence-electron chi connectivity index (χ2n) is 4.27. The van der Waals surface area contributed by atoms with E-state index < -0.39 is 0 Å². The van der Waals surface area contributed by atoms with E-state index in [1.165, 1.54) is 10.6 Å². The van der Waals surface area contributed by atoms with Crippen LogP contribution in [0.5, 0.6) is 5.75 Å². The summed E-state index contributed by atoms with van der Waals surface area (Å²) in [6.45, 7) is 2.26. The lowest BCUT2D eigenvalue weighted by Gasteiger charge is -2.06. The maximum atomic E-state index is 11.7. The highest BCUT2D eigenvalue weighted by molar-refractivity contribution is 5.72. The number of hydrogen-bond acceptors (Lipinski definition) is 3. The zero-order valence-electron chi connectivity index (χ0n) is 10.7. The van der Waals surface area contributed by atoms with E-state index in [1.807, 2.05) is 19.1 Å². The highest BCUT2D eigenvalue weighted by Crippen LogP contribution is 2.13. The SMILES string of the molecule is Cc1cccc(OC(=O)CCn2ccccc2=O)c1. The van der Waals surface area contributed by atoms with Crippen molar-refractivity contribution in [3.8, 4) is 5.75 Å². The zero-order chi connectivity index (χ0) is 13.7. The molecule has 4 nitrogen and oxygen atoms in total. The van der Waals surface area contributed by atoms with Crippen molar-refractivity contribution in [2.45, 2.75) is 19.9 Å². The number of nitrogens with zero attached hydrogens (tertiary/aromatic N) is 1. The predicted molar refractivity (Wildman–Crippen MR) is 72.1 cm³/mol. The lowest BCUT2D eigenvalue weighted by atomic mass is 10.2. The fraction of sp³-hybridized carbons (Fsp3) is 0.200. The van der Waals surface area contributed by atoms with Gasteiger partial charge in [0.25, 0.3) is 5.56 Å². The van der Waals surface area contributed by atoms with E-state index >= 15 is 0 Å². The number of aryl methyl sites for hydroxylation is 2. The fourth-order valence-corrected chi connectivity index (χ4v) is 1.72. The number of ether oxygens (including phenoxy) is 1. The van der Waals surface area contributed by atoms with Crippen LogP contribution >= 0.6 is 0 Å². The van der Waals surface area contributed by atoms with Crippen molar-refractivity contribution >= 4 is 5.97 Å². The maximum Gasteiger partial charge on any atom is 0.312 e. The molecule has 0 N–H and O–H groups in total. The molecule has 0 spiro atoms. The Morgan fingerprint density at radius 3 is 2.79 bits per heavy atom. The summed E-state index contributed by atoms with van der Waals surface area (Å²) >= 11 is 0. The first-order valence-corrected chi connectivity index (χ1v) is 6.08. The van der Waals surface area contributed by atoms with E-state index in [4.69, 9.17) is 4.74 Å². The molecule has 0 unspecified atom stereocenters. The molecule has 2 aromatic rings. The molecule has 0 radical (unpaired) electrons. The standard InChI is InChI=1S/C15H15NO3/c1-12-5-4-6-13(11-12)19-15(18)8-10-16-9-3-2-7-14(16)17/h2-7,9,11H,8,10H2,1H3. The molecule has 0 aliphatic heterocycles. The number of carbonyl (C=O) groups excluding carboxylic acids is 1. The van der Waals surface area contributed by atoms with Crippen LogP contribution < -0.4 is 10.3 Å². The topological polar surface area (TPSA) is 48.3 Å². The van der Waals surface area contributed by atoms with Crippen molar-refractivity contribution in [1.29, 1.82) is 0 Å². The van der Waals surface area contributed by atoms with Gasteiger partial charge >= 0.3 is 5.97 Å². The molecule has 0 saturated carbocycles. The van der Waals surface area contributed by atoms with Gasteiger partial charge in [0.05, 0.1) is 6.42 Å². The minimum absolute atomic E-state index is 0.120. The summed E-state index contributed by atoms with van der Waals surface area (Å²) in [5.41, 5.74) is 0.912. The predicted octanol–water partition coefficient (Wildman–Crippen LogP) is 2.15. The molecule has 0 saturated heterocycles. The van der Waals surface area contributed by atoms with Gasteiger partial charge in [0, 0.05) is 18.8 Å². The van der Waals surface area contributed by atoms with E-state index in [0.29, 0.717) is 12.3 Å². The summed E-state index contributed by atoms with van der Waals surface area (Å²) in [6, 6.07) is 12.2. The van der Waals surface area contributed by atoms with E-state index in [9.17, 15) is 9.59 Å². The van der Waals surface area contributed by atoms with Gasteiger partial charge in [-0.05, 0) is 30.7 Å². The van der Waals surface area contributed by atoms with E-state index in [0.717, 1.165) is 5.56 Å². The van der Waals surface area contributed by atoms with Crippen LogP contribution in [-0.4, -0.2) is 10.5 Å². The number of esters is 1. The molecule has 0 aliphatic rings. The van der Waals surface area contributed by atoms with Crippen LogP contribution in [-0.2, 0) is 11.3 Å². The van der Waals surface area contributed by atoms with Crippen LogP contribution in [0.15, 0.2) is 53.5 Å². The normalized spacial score (nSPS) is 10.2. The van der Waals surface area contributed by atoms with Gasteiger partial charge in [-0.25, -0.2) is 0 Å². The van der Waals surface area contributed by atoms with Crippen LogP contribution in [0.25, 0.3) is 0 Å². The fourth-order valence-electron chi connectivity index (χ4n) is 1.72. The minimum Gasteiger partial charge on any atom is -0.426 e. The molecule has 1 aromatic carbocycles. The Hall–Kier alpha value is -2.36. The Morgan fingerprint density at radius 1 is 1.21 bits per heavy atom. The van der Waals surface area contributed by atoms with E-state index in [-0.39, 0.29) is 17.9 Å². The minimum atomic E-state index is -0.346. The summed E-state index contributed by atoms with van der Waals surface area (Å²) in [4.78, 5) is 23.1. The van der Waals surface area contributed by atoms with Gasteiger partial charge in [0.2, 0.25) is 0 Å². The largest absolute Gasteiger partial charge is 0.426 e. The average molecular weight is 257 g/mol. The molecular weight excluding hydrogens is 242 g/mol. The molecule has 98 valence electrons. The molecule has 1 heterocycles. The number of benzene rings is 1. The highest BCUT2D eigenvalue weighted by atomic mass is 16.5. The first-order chi connectivity index (χ1) is 9.15. The summed E-state index contributed by atoms with van der Waals surface area (Å²) in [7, 11) is 0. The van der Waals surface area contributed by atoms with Crippen LogP contribution in [0.4, 0.5) is 0 Å². The highest BCUT2D eigenvalue weighted by Gasteiger charge is 2.05. The molecule has 4 heteroatoms. The third-order valence-corrected chi connectivity index (χ3v) is 2.68. The molecule has 0 amide bonds. The summed E-state index contributed by atoms with van der Waals surface area (Å²) in [5, 5.41) is 0. The molecule has 0 atom stereocenters. The van der Waals surface area contributed by atoms with Gasteiger partial charge < -0.3 is 9.30 Å². The molecule has 0 aliphatic carbocycles. The molecule has 0 bridgehead atoms. The Morgan fingerprint density at radius 2 is 2.05 bits per heavy atom. The first-order valence-electron chi connectivity index (χ1n) is 6.08. The molecule has 2 rings (SSSR count). The van der Waals surface area contributed by atoms with Crippen molar-refractivity contribution in [2.75, 3.05) is 0 Å². The van der Waals surface area contributed by atoms with Gasteiger partial charge in [-0.3, -0.25) is 9.59 Å². The Labute approximate surface area is 111 Å². The number of aromatic nitrogens is 1. The van der Waals surface area contributed by atoms with E-state index in [1.54, 1.807) is 30.5 Å². The molecule has 1 aromatic heterocycles. The zero-order valence-corrected chi connectivity index (χ0v) is 10.7. The monoisotopic (exact) mass is 257 g/mol. The molecule has 19 heavy (non-hydrogen) atoms. The smallest absolute Gasteiger partial charge is 0.312 e. The van der Waals surface area contributed by atoms with Gasteiger partial charge in [0.15, 0.2) is 0 Å². The summed E-state index contributed by atoms with van der Waals surface area (Å²) in [5.74, 6) is 0.187. The van der Waals surface area contributed by atoms with Crippen molar-refractivity contribution < 1.29 is 9.53 Å². The number of carbonyl (C=O) groups is 1. The van der Waals surface area contributed by atoms with Crippen LogP contribution in [0.1, 0.15) is 12.0 Å². The van der Waals surface area contributed by atoms with Gasteiger partial charge in [-0.15, -0.1) is 0 Å². The van der Waals surface area contributed by atoms with Gasteiger partial charge in [-0.2, -0.15) is 0 Å². The van der Waals surface area contributed by atoms with Crippen molar-refractivity contribution in [3.63, 3.8) is 0 Å². The third kappa shape index (κ3) is 3.81. The lowest BCUT2D eigenvalue weighted by Crippen LogP contribution is -2.20. The number of hydrogen-bond donors (Lipinski definition) is 0. The van der Waals surface area contributed by atoms with Crippen LogP contribution in [0.3, 0.4) is 0 Å². The second-order valence-corrected chi connectivity index (χ2v) is 4.27. The van der Waals surface area contributed by atoms with Crippen LogP contribution in [0, 0.1) is 6.92 Å². The number of rotatable bonds is 4. The van der Waals surface area contributed by atoms with Gasteiger partial charge in [0.1, 0.15) is 5.75 Å². The maximum absolute atomic E-state index is 11.7. The first kappa shape index (κ1) is 13.1. The Bertz CT molecular complexity index is 631. The average Bonchev–Trinajstić information content (AvgIpc) is 2.38. The van der Waals surface area contributed by atoms with Crippen LogP contribution in [0.2, 0.25) is 0 Å². The van der Waals surface area contributed by atoms with Gasteiger partial charge in [-0.1, -0.05) is 18.2 Å². The number of pyridine rings is 1. The van der Waals surface area contributed by atoms with Crippen molar-refractivity contribution in [2.24, 2.45) is 0 Å². The summed E-state index contributed by atoms with van der Waals surface area (Å²) in [6.07, 6.45) is 1.82. The second kappa shape index (κ2) is 6.00. The third-order valence-electron chi connectivity index (χ3n) is 2.68.